The van der Waals surface area contributed by atoms with Crippen LogP contribution in [0.15, 0.2) is 28.0 Å². The summed E-state index contributed by atoms with van der Waals surface area (Å²) in [6.45, 7) is 3.43. The van der Waals surface area contributed by atoms with E-state index >= 15 is 0 Å². The third kappa shape index (κ3) is 3.36. The Hall–Kier alpha value is -1.94. The molecule has 0 amide bonds. The number of imidazole rings is 1. The highest BCUT2D eigenvalue weighted by atomic mass is 35.5. The fourth-order valence-corrected chi connectivity index (χ4v) is 4.04. The smallest absolute Gasteiger partial charge is 0.287 e. The van der Waals surface area contributed by atoms with E-state index in [-0.39, 0.29) is 14.9 Å². The van der Waals surface area contributed by atoms with Crippen LogP contribution >= 0.6 is 23.2 Å². The Morgan fingerprint density at radius 2 is 1.93 bits per heavy atom. The predicted molar refractivity (Wildman–Crippen MR) is 104 cm³/mol. The molecule has 0 bridgehead atoms. The Morgan fingerprint density at radius 1 is 1.26 bits per heavy atom. The van der Waals surface area contributed by atoms with Crippen molar-refractivity contribution in [3.8, 4) is 0 Å². The molecule has 27 heavy (non-hydrogen) atoms. The fourth-order valence-electron chi connectivity index (χ4n) is 2.65. The summed E-state index contributed by atoms with van der Waals surface area (Å²) in [5.41, 5.74) is 1.16. The number of sulfonamides is 1. The van der Waals surface area contributed by atoms with E-state index in [4.69, 9.17) is 23.2 Å². The van der Waals surface area contributed by atoms with E-state index in [9.17, 15) is 13.2 Å². The number of hydrogen-bond acceptors (Lipinski definition) is 5. The summed E-state index contributed by atoms with van der Waals surface area (Å²) in [5, 5.41) is 3.96. The number of aryl methyl sites for hydroxylation is 1. The molecule has 2 heterocycles. The number of aromatic amines is 1. The Balaban J connectivity index is 2.13. The summed E-state index contributed by atoms with van der Waals surface area (Å²) >= 11 is 11.7. The van der Waals surface area contributed by atoms with Gasteiger partial charge in [-0.25, -0.2) is 22.4 Å². The van der Waals surface area contributed by atoms with E-state index in [1.807, 2.05) is 0 Å². The second-order valence-electron chi connectivity index (χ2n) is 6.28. The van der Waals surface area contributed by atoms with Crippen LogP contribution in [0.25, 0.3) is 11.0 Å². The Labute approximate surface area is 165 Å². The van der Waals surface area contributed by atoms with Crippen molar-refractivity contribution in [1.82, 2.24) is 24.1 Å². The average molecular weight is 430 g/mol. The number of rotatable bonds is 4. The first-order valence-corrected chi connectivity index (χ1v) is 10.1. The maximum Gasteiger partial charge on any atom is 0.287 e. The zero-order chi connectivity index (χ0) is 20.1. The molecule has 3 rings (SSSR count). The molecule has 11 heteroatoms. The molecule has 1 atom stereocenters. The molecule has 144 valence electrons. The molecule has 2 aromatic heterocycles. The van der Waals surface area contributed by atoms with Gasteiger partial charge in [0.15, 0.2) is 0 Å². The van der Waals surface area contributed by atoms with Gasteiger partial charge in [-0.1, -0.05) is 23.2 Å². The highest BCUT2D eigenvalue weighted by Crippen LogP contribution is 2.26. The molecular weight excluding hydrogens is 413 g/mol. The minimum absolute atomic E-state index is 0.0730. The standard InChI is InChI=1S/C16H17Cl2N5O3S/c1-8-5-11-12(6-13(8)27(25,26)22(3)4)21-15(20-11)9(2)23-16(24)14(18)10(17)7-19-23/h5-7,9H,1-4H3,(H,20,21). The second kappa shape index (κ2) is 6.90. The molecule has 3 aromatic rings. The Morgan fingerprint density at radius 3 is 2.56 bits per heavy atom. The largest absolute Gasteiger partial charge is 0.340 e. The zero-order valence-corrected chi connectivity index (χ0v) is 17.3. The molecule has 0 saturated carbocycles. The molecule has 0 spiro atoms. The van der Waals surface area contributed by atoms with Crippen LogP contribution in [0.1, 0.15) is 24.4 Å². The van der Waals surface area contributed by atoms with E-state index < -0.39 is 21.6 Å². The van der Waals surface area contributed by atoms with E-state index in [1.54, 1.807) is 19.9 Å². The number of nitrogens with zero attached hydrogens (tertiary/aromatic N) is 4. The normalized spacial score (nSPS) is 13.4. The highest BCUT2D eigenvalue weighted by Gasteiger charge is 2.23. The first-order chi connectivity index (χ1) is 12.5. The minimum atomic E-state index is -3.59. The van der Waals surface area contributed by atoms with Crippen molar-refractivity contribution in [3.05, 3.63) is 50.1 Å². The lowest BCUT2D eigenvalue weighted by Crippen LogP contribution is -2.27. The van der Waals surface area contributed by atoms with Crippen molar-refractivity contribution in [3.63, 3.8) is 0 Å². The summed E-state index contributed by atoms with van der Waals surface area (Å²) in [4.78, 5) is 20.0. The van der Waals surface area contributed by atoms with Crippen LogP contribution in [0.5, 0.6) is 0 Å². The fraction of sp³-hybridized carbons (Fsp3) is 0.312. The van der Waals surface area contributed by atoms with Gasteiger partial charge in [-0.15, -0.1) is 0 Å². The van der Waals surface area contributed by atoms with Crippen LogP contribution < -0.4 is 5.56 Å². The zero-order valence-electron chi connectivity index (χ0n) is 15.0. The van der Waals surface area contributed by atoms with Gasteiger partial charge in [0, 0.05) is 14.1 Å². The summed E-state index contributed by atoms with van der Waals surface area (Å²) in [7, 11) is -0.645. The van der Waals surface area contributed by atoms with E-state index in [2.05, 4.69) is 15.1 Å². The van der Waals surface area contributed by atoms with Gasteiger partial charge in [0.05, 0.1) is 27.1 Å². The molecule has 0 saturated heterocycles. The van der Waals surface area contributed by atoms with Crippen LogP contribution in [0.2, 0.25) is 10.0 Å². The number of hydrogen-bond donors (Lipinski definition) is 1. The van der Waals surface area contributed by atoms with E-state index in [0.717, 1.165) is 8.99 Å². The van der Waals surface area contributed by atoms with Crippen molar-refractivity contribution in [2.24, 2.45) is 0 Å². The van der Waals surface area contributed by atoms with Crippen molar-refractivity contribution in [2.45, 2.75) is 24.8 Å². The molecular formula is C16H17Cl2N5O3S. The molecule has 1 unspecified atom stereocenters. The topological polar surface area (TPSA) is 101 Å². The van der Waals surface area contributed by atoms with Gasteiger partial charge in [-0.3, -0.25) is 4.79 Å². The van der Waals surface area contributed by atoms with Crippen molar-refractivity contribution in [2.75, 3.05) is 14.1 Å². The van der Waals surface area contributed by atoms with Crippen LogP contribution in [-0.4, -0.2) is 46.6 Å². The molecule has 0 radical (unpaired) electrons. The summed E-state index contributed by atoms with van der Waals surface area (Å²) < 4.78 is 27.3. The molecule has 0 aliphatic rings. The van der Waals surface area contributed by atoms with Crippen LogP contribution in [0, 0.1) is 6.92 Å². The highest BCUT2D eigenvalue weighted by molar-refractivity contribution is 7.89. The van der Waals surface area contributed by atoms with Gasteiger partial charge in [-0.2, -0.15) is 5.10 Å². The lowest BCUT2D eigenvalue weighted by molar-refractivity contribution is 0.512. The number of benzene rings is 1. The lowest BCUT2D eigenvalue weighted by Gasteiger charge is -2.13. The van der Waals surface area contributed by atoms with Crippen LogP contribution in [0.4, 0.5) is 0 Å². The van der Waals surface area contributed by atoms with E-state index in [1.165, 1.54) is 26.4 Å². The number of halogens is 2. The number of aromatic nitrogens is 4. The maximum absolute atomic E-state index is 12.5. The van der Waals surface area contributed by atoms with Gasteiger partial charge in [0.25, 0.3) is 5.56 Å². The Kier molecular flexibility index (Phi) is 5.06. The van der Waals surface area contributed by atoms with Gasteiger partial charge in [0.1, 0.15) is 16.9 Å². The number of H-pyrrole nitrogens is 1. The molecule has 0 aliphatic heterocycles. The van der Waals surface area contributed by atoms with Gasteiger partial charge in [0.2, 0.25) is 10.0 Å². The molecule has 0 aliphatic carbocycles. The number of nitrogens with one attached hydrogen (secondary N) is 1. The van der Waals surface area contributed by atoms with Crippen molar-refractivity contribution < 1.29 is 8.42 Å². The van der Waals surface area contributed by atoms with E-state index in [0.29, 0.717) is 22.4 Å². The quantitative estimate of drug-likeness (QED) is 0.686. The minimum Gasteiger partial charge on any atom is -0.340 e. The van der Waals surface area contributed by atoms with Crippen LogP contribution in [-0.2, 0) is 10.0 Å². The first-order valence-electron chi connectivity index (χ1n) is 7.89. The molecule has 8 nitrogen and oxygen atoms in total. The van der Waals surface area contributed by atoms with Gasteiger partial charge < -0.3 is 4.98 Å². The molecule has 1 N–H and O–H groups in total. The van der Waals surface area contributed by atoms with Crippen molar-refractivity contribution >= 4 is 44.3 Å². The lowest BCUT2D eigenvalue weighted by atomic mass is 10.2. The van der Waals surface area contributed by atoms with Gasteiger partial charge >= 0.3 is 0 Å². The third-order valence-corrected chi connectivity index (χ3v) is 6.92. The van der Waals surface area contributed by atoms with Gasteiger partial charge in [-0.05, 0) is 31.5 Å². The molecule has 0 fully saturated rings. The summed E-state index contributed by atoms with van der Waals surface area (Å²) in [5.74, 6) is 0.441. The van der Waals surface area contributed by atoms with Crippen LogP contribution in [0.3, 0.4) is 0 Å². The second-order valence-corrected chi connectivity index (χ2v) is 9.18. The summed E-state index contributed by atoms with van der Waals surface area (Å²) in [6.07, 6.45) is 1.29. The SMILES string of the molecule is Cc1cc2nc(C(C)n3ncc(Cl)c(Cl)c3=O)[nH]c2cc1S(=O)(=O)N(C)C. The average Bonchev–Trinajstić information content (AvgIpc) is 3.01. The molecule has 1 aromatic carbocycles. The first kappa shape index (κ1) is 19.8. The Bertz CT molecular complexity index is 1200. The predicted octanol–water partition coefficient (Wildman–Crippen LogP) is 2.59. The third-order valence-electron chi connectivity index (χ3n) is 4.22. The maximum atomic E-state index is 12.5. The van der Waals surface area contributed by atoms with Crippen molar-refractivity contribution in [1.29, 1.82) is 0 Å². The number of fused-ring (bicyclic) bond motifs is 1. The summed E-state index contributed by atoms with van der Waals surface area (Å²) in [6, 6.07) is 2.66. The monoisotopic (exact) mass is 429 g/mol.